The largest absolute Gasteiger partial charge is 0.493 e. The number of fused-ring (bicyclic) bond motifs is 5. The number of methoxy groups -OCH3 is 1. The summed E-state index contributed by atoms with van der Waals surface area (Å²) in [4.78, 5) is 93.4. The molecule has 11 aromatic carbocycles. The van der Waals surface area contributed by atoms with Crippen LogP contribution >= 0.6 is 46.5 Å². The number of guanidine groups is 1. The number of likely N-dealkylation sites (N-methyl/N-ethyl adjacent to an activating group) is 2. The van der Waals surface area contributed by atoms with Crippen LogP contribution in [0.3, 0.4) is 0 Å². The number of oxazole rings is 1. The van der Waals surface area contributed by atoms with Crippen molar-refractivity contribution in [3.05, 3.63) is 370 Å². The highest BCUT2D eigenvalue weighted by molar-refractivity contribution is 7.00. The van der Waals surface area contributed by atoms with Crippen LogP contribution in [0.15, 0.2) is 296 Å². The number of hydrazone groups is 1. The quantitative estimate of drug-likeness (QED) is 0.0128. The van der Waals surface area contributed by atoms with E-state index >= 15 is 0 Å². The van der Waals surface area contributed by atoms with Crippen molar-refractivity contribution in [2.24, 2.45) is 20.8 Å². The first-order chi connectivity index (χ1) is 69.5. The summed E-state index contributed by atoms with van der Waals surface area (Å²) in [5.74, 6) is 2.61. The number of imide groups is 1. The number of furan rings is 1. The summed E-state index contributed by atoms with van der Waals surface area (Å²) in [7, 11) is 11.7. The number of nitrogens with two attached hydrogens (primary N) is 1. The number of aliphatic imine (C=N–C) groups is 2. The molecule has 19 rings (SSSR count). The van der Waals surface area contributed by atoms with Crippen LogP contribution in [-0.4, -0.2) is 213 Å². The number of carbonyl (C=O) groups is 5. The van der Waals surface area contributed by atoms with Gasteiger partial charge in [0.25, 0.3) is 5.69 Å². The van der Waals surface area contributed by atoms with Gasteiger partial charge in [0.2, 0.25) is 11.8 Å². The third-order valence-corrected chi connectivity index (χ3v) is 23.0. The number of aliphatic hydroxyl groups excluding tert-OH is 1. The molecule has 0 spiro atoms. The van der Waals surface area contributed by atoms with E-state index in [-0.39, 0.29) is 56.2 Å². The maximum atomic E-state index is 12.0. The summed E-state index contributed by atoms with van der Waals surface area (Å²) >= 11 is 19.1. The predicted octanol–water partition coefficient (Wildman–Crippen LogP) is 18.9. The second-order valence-electron chi connectivity index (χ2n) is 33.1. The molecule has 37 heteroatoms. The van der Waals surface area contributed by atoms with Gasteiger partial charge in [0.1, 0.15) is 73.4 Å². The van der Waals surface area contributed by atoms with Crippen LogP contribution in [0.1, 0.15) is 79.5 Å². The number of aromatic nitrogens is 3. The Balaban J connectivity index is 0.000000148. The number of urea groups is 1. The van der Waals surface area contributed by atoms with E-state index in [1.54, 1.807) is 84.7 Å². The van der Waals surface area contributed by atoms with Crippen LogP contribution in [0.4, 0.5) is 31.4 Å². The van der Waals surface area contributed by atoms with Crippen LogP contribution in [0.25, 0.3) is 51.2 Å². The molecule has 144 heavy (non-hydrogen) atoms. The van der Waals surface area contributed by atoms with Gasteiger partial charge < -0.3 is 78.7 Å². The summed E-state index contributed by atoms with van der Waals surface area (Å²) in [6, 6.07) is 81.8. The minimum atomic E-state index is -0.938. The summed E-state index contributed by atoms with van der Waals surface area (Å²) < 4.78 is 50.2. The molecule has 0 bridgehead atoms. The Morgan fingerprint density at radius 3 is 2.01 bits per heavy atom. The Morgan fingerprint density at radius 1 is 0.701 bits per heavy atom. The summed E-state index contributed by atoms with van der Waals surface area (Å²) in [5.41, 5.74) is 25.1. The van der Waals surface area contributed by atoms with E-state index in [2.05, 4.69) is 221 Å². The molecular weight excluding hydrogens is 1920 g/mol. The zero-order valence-electron chi connectivity index (χ0n) is 80.4. The first-order valence-electron chi connectivity index (χ1n) is 45.5. The van der Waals surface area contributed by atoms with E-state index in [0.717, 1.165) is 106 Å². The minimum absolute atomic E-state index is 0.00759. The van der Waals surface area contributed by atoms with Gasteiger partial charge in [-0.15, -0.1) is 0 Å². The lowest BCUT2D eigenvalue weighted by molar-refractivity contribution is -0.384. The number of nitro groups is 1. The van der Waals surface area contributed by atoms with Gasteiger partial charge >= 0.3 is 24.0 Å². The molecule has 3 aromatic heterocycles. The average molecular weight is 2030 g/mol. The number of rotatable bonds is 24. The number of nitrogens with one attached hydrogen (secondary N) is 5. The first-order valence-corrected chi connectivity index (χ1v) is 47.4. The predicted molar refractivity (Wildman–Crippen MR) is 564 cm³/mol. The Bertz CT molecular complexity index is 6880. The number of halogens is 3. The van der Waals surface area contributed by atoms with Crippen molar-refractivity contribution in [2.45, 2.75) is 45.5 Å². The molecule has 1 aliphatic carbocycles. The fourth-order valence-electron chi connectivity index (χ4n) is 14.6. The molecule has 6 amide bonds. The molecule has 3 atom stereocenters. The molecule has 4 aliphatic heterocycles. The molecule has 2 fully saturated rings. The van der Waals surface area contributed by atoms with Crippen molar-refractivity contribution >= 4 is 151 Å². The van der Waals surface area contributed by atoms with E-state index in [0.29, 0.717) is 67.9 Å². The van der Waals surface area contributed by atoms with Crippen molar-refractivity contribution < 1.29 is 71.3 Å². The number of para-hydroxylation sites is 2. The van der Waals surface area contributed by atoms with Gasteiger partial charge in [-0.25, -0.2) is 24.2 Å². The summed E-state index contributed by atoms with van der Waals surface area (Å²) in [6.45, 7) is 11.2. The monoisotopic (exact) mass is 2030 g/mol. The fourth-order valence-corrected chi connectivity index (χ4v) is 15.7. The van der Waals surface area contributed by atoms with Crippen LogP contribution in [0.2, 0.25) is 15.1 Å². The topological polar surface area (TPSA) is 413 Å². The van der Waals surface area contributed by atoms with Crippen LogP contribution in [0.5, 0.6) is 17.2 Å². The van der Waals surface area contributed by atoms with E-state index in [9.17, 15) is 44.0 Å². The van der Waals surface area contributed by atoms with Crippen molar-refractivity contribution in [3.63, 3.8) is 0 Å². The van der Waals surface area contributed by atoms with E-state index < -0.39 is 34.8 Å². The lowest BCUT2D eigenvalue weighted by Crippen LogP contribution is -2.27. The van der Waals surface area contributed by atoms with Crippen LogP contribution in [-0.2, 0) is 23.8 Å². The molecule has 746 valence electrons. The molecule has 8 N–H and O–H groups in total. The Hall–Kier alpha value is -15.7. The second kappa shape index (κ2) is 53.8. The number of benzene rings is 11. The molecule has 14 aromatic rings. The van der Waals surface area contributed by atoms with E-state index in [1.165, 1.54) is 81.7 Å². The van der Waals surface area contributed by atoms with Gasteiger partial charge in [0.15, 0.2) is 29.1 Å². The number of aromatic amines is 1. The number of aryl methyl sites for hydroxylation is 3. The smallest absolute Gasteiger partial charge is 0.417 e. The number of nitro benzene ring substituents is 1. The second-order valence-corrected chi connectivity index (χ2v) is 34.9. The SMILES string of the molecule is CN(C)CCC=C1c2ccccc2C=Cc2ccccc21.CN1C(=O)CN=C(c2ccccc2)c2cc(Cl)ccc21.COc1ccccc1OCC(O)COC(N)=O.Cc1cc(C)cc(OCC2CNC(=O)O2)c1.Cc1ccccc1C(OCCN(C)C)c1ccccc1.Clc1ccc2nsnc2c1NC1=NCCN1.O=C1CN(N=Cc2ccc(-c3ccc([N+](=O)[O-])cc3)o2)C(=O)N1.O=c1[nH]c2cc(Cl)ccc2o1. The number of anilines is 2. The number of primary amides is 1. The normalized spacial score (nSPS) is 13.9. The zero-order valence-corrected chi connectivity index (χ0v) is 83.5. The average Bonchev–Trinajstić information content (AvgIpc) is 1.57. The van der Waals surface area contributed by atoms with Gasteiger partial charge in [-0.1, -0.05) is 205 Å². The number of non-ortho nitro benzene ring substituents is 1. The number of H-pyrrole nitrogens is 1. The highest BCUT2D eigenvalue weighted by atomic mass is 35.5. The van der Waals surface area contributed by atoms with Crippen molar-refractivity contribution in [1.29, 1.82) is 0 Å². The third kappa shape index (κ3) is 32.2. The van der Waals surface area contributed by atoms with E-state index in [4.69, 9.17) is 73.1 Å². The molecule has 5 aliphatic rings. The molecule has 7 heterocycles. The van der Waals surface area contributed by atoms with Crippen molar-refractivity contribution in [1.82, 2.24) is 44.5 Å². The van der Waals surface area contributed by atoms with Gasteiger partial charge in [-0.2, -0.15) is 13.8 Å². The number of alkyl carbamates (subject to hydrolysis) is 1. The lowest BCUT2D eigenvalue weighted by atomic mass is 9.93. The van der Waals surface area contributed by atoms with Gasteiger partial charge in [-0.05, 0) is 208 Å². The standard InChI is InChI=1S/C20H21N.C18H23NO.C16H13ClN2O.C14H10N4O5.C12H15NO3.C11H15NO5.C9H8ClN5S.C7H4ClNO2/c1-21(2)15-7-12-20-18-10-5-3-8-16(18)13-14-17-9-4-6-11-19(17)20;1-15-9-7-8-12-17(15)18(20-14-13-19(2)3)16-10-5-4-6-11-16;1-19-14-8-7-12(17)9-13(14)16(18-10-15(19)20)11-5-3-2-4-6-11;19-13-8-17(14(20)16-13)15-7-11-5-6-12(23-11)9-1-3-10(4-2-9)18(21)22;1-8-3-9(2)5-10(4-8)15-7-11-6-13-12(14)16-11;1-15-9-4-2-3-5-10(9)16-6-8(13)7-17-11(12)14;10-5-1-2-6-8(15-16-14-6)7(5)13-9-11-3-4-12-9;8-4-1-2-6-5(3-4)9-7(10)11-6/h3-6,8-14H,7,15H2,1-2H3;4-12,18H,13-14H2,1-3H3;2-9H,10H2,1H3;1-7H,8H2,(H,16,19,20);3-5,11H,6-7H2,1-2H3,(H,13,14);2-5,8,13H,6-7H2,1H3,(H2,12,14);1-2H,3-4H2,(H2,11,12,13);1-3H,(H,9,10). The molecular formula is C107H109Cl3N16O17S. The highest BCUT2D eigenvalue weighted by Crippen LogP contribution is 2.37. The van der Waals surface area contributed by atoms with Gasteiger partial charge in [0, 0.05) is 65.6 Å². The maximum absolute atomic E-state index is 12.0. The molecule has 0 saturated carbocycles. The number of amides is 6. The van der Waals surface area contributed by atoms with Crippen molar-refractivity contribution in [2.75, 3.05) is 125 Å². The fraction of sp³-hybridized carbons (Fsp3) is 0.224. The molecule has 0 radical (unpaired) electrons. The number of nitrogens with zero attached hydrogens (tertiary/aromatic N) is 10. The number of ether oxygens (including phenoxy) is 6. The first kappa shape index (κ1) is 107. The number of hydrogen-bond donors (Lipinski definition) is 7. The van der Waals surface area contributed by atoms with Crippen LogP contribution in [0, 0.1) is 30.9 Å². The van der Waals surface area contributed by atoms with Crippen molar-refractivity contribution in [3.8, 4) is 28.6 Å². The Morgan fingerprint density at radius 2 is 1.36 bits per heavy atom. The molecule has 3 unspecified atom stereocenters. The lowest BCUT2D eigenvalue weighted by Gasteiger charge is -2.22. The number of hydrogen-bond acceptors (Lipinski definition) is 27. The number of cyclic esters (lactones) is 1. The number of aliphatic hydroxyl groups is 1. The minimum Gasteiger partial charge on any atom is -0.493 e. The summed E-state index contributed by atoms with van der Waals surface area (Å²) in [6.07, 6.45) is 6.79. The highest BCUT2D eigenvalue weighted by Gasteiger charge is 2.28. The van der Waals surface area contributed by atoms with Crippen LogP contribution < -0.4 is 51.9 Å². The molecule has 33 nitrogen and oxygen atoms in total. The molecule has 2 saturated heterocycles. The van der Waals surface area contributed by atoms with Gasteiger partial charge in [-0.3, -0.25) is 40.0 Å². The van der Waals surface area contributed by atoms with E-state index in [1.807, 2.05) is 86.6 Å². The zero-order chi connectivity index (χ0) is 103. The number of benzodiazepines with no additional fused rings is 1. The number of carbonyl (C=O) groups excluding carboxylic acids is 5. The summed E-state index contributed by atoms with van der Waals surface area (Å²) in [5, 5.41) is 37.7. The third-order valence-electron chi connectivity index (χ3n) is 21.7. The Kier molecular flexibility index (Phi) is 40.1. The maximum Gasteiger partial charge on any atom is 0.417 e. The van der Waals surface area contributed by atoms with Gasteiger partial charge in [0.05, 0.1) is 77.3 Å². The Labute approximate surface area is 851 Å².